The molecule has 1 aromatic carbocycles. The molecule has 2 rings (SSSR count). The summed E-state index contributed by atoms with van der Waals surface area (Å²) < 4.78 is 10.4. The van der Waals surface area contributed by atoms with E-state index in [2.05, 4.69) is 36.2 Å². The quantitative estimate of drug-likeness (QED) is 0.244. The number of benzene rings is 1. The third-order valence-electron chi connectivity index (χ3n) is 5.26. The second kappa shape index (κ2) is 13.7. The lowest BCUT2D eigenvalue weighted by Crippen LogP contribution is -2.46. The first-order chi connectivity index (χ1) is 13.6. The molecule has 1 unspecified atom stereocenters. The number of nitrogens with zero attached hydrogens (tertiary/aromatic N) is 2. The molecule has 0 saturated carbocycles. The molecule has 1 heterocycles. The molecule has 164 valence electrons. The zero-order valence-corrected chi connectivity index (χ0v) is 20.5. The molecule has 1 fully saturated rings. The first-order valence-corrected chi connectivity index (χ1v) is 10.4. The highest BCUT2D eigenvalue weighted by Crippen LogP contribution is 2.22. The second-order valence-corrected chi connectivity index (χ2v) is 7.21. The Kier molecular flexibility index (Phi) is 12.0. The fourth-order valence-electron chi connectivity index (χ4n) is 3.48. The van der Waals surface area contributed by atoms with Crippen LogP contribution in [-0.2, 0) is 9.53 Å². The van der Waals surface area contributed by atoms with Crippen LogP contribution in [0.4, 0.5) is 0 Å². The van der Waals surface area contributed by atoms with E-state index in [9.17, 15) is 4.79 Å². The smallest absolute Gasteiger partial charge is 0.309 e. The van der Waals surface area contributed by atoms with Gasteiger partial charge in [-0.15, -0.1) is 24.0 Å². The van der Waals surface area contributed by atoms with Crippen molar-refractivity contribution in [2.75, 3.05) is 39.9 Å². The average molecular weight is 517 g/mol. The number of hydrogen-bond donors (Lipinski definition) is 1. The minimum absolute atomic E-state index is 0. The Hall–Kier alpha value is -1.51. The molecule has 0 aliphatic carbocycles. The van der Waals surface area contributed by atoms with Crippen LogP contribution in [-0.4, -0.2) is 56.7 Å². The average Bonchev–Trinajstić information content (AvgIpc) is 2.73. The number of rotatable bonds is 8. The van der Waals surface area contributed by atoms with E-state index in [0.29, 0.717) is 12.5 Å². The van der Waals surface area contributed by atoms with Gasteiger partial charge in [0.25, 0.3) is 0 Å². The van der Waals surface area contributed by atoms with Gasteiger partial charge in [-0.3, -0.25) is 9.79 Å². The molecule has 1 aliphatic rings. The molecule has 1 saturated heterocycles. The topological polar surface area (TPSA) is 63.2 Å². The summed E-state index contributed by atoms with van der Waals surface area (Å²) in [4.78, 5) is 19.0. The summed E-state index contributed by atoms with van der Waals surface area (Å²) in [6.07, 6.45) is 2.64. The SMILES string of the molecule is CCNC(=NCCC(C)c1ccc(OC)cc1)N1CCC(C(=O)OCC)CC1.I. The maximum Gasteiger partial charge on any atom is 0.309 e. The van der Waals surface area contributed by atoms with Gasteiger partial charge in [0.2, 0.25) is 0 Å². The number of carbonyl (C=O) groups excluding carboxylic acids is 1. The van der Waals surface area contributed by atoms with Crippen molar-refractivity contribution < 1.29 is 14.3 Å². The first-order valence-electron chi connectivity index (χ1n) is 10.4. The van der Waals surface area contributed by atoms with Gasteiger partial charge in [-0.25, -0.2) is 0 Å². The Morgan fingerprint density at radius 2 is 1.90 bits per heavy atom. The largest absolute Gasteiger partial charge is 0.497 e. The molecule has 7 heteroatoms. The third kappa shape index (κ3) is 8.03. The van der Waals surface area contributed by atoms with Crippen LogP contribution in [0.5, 0.6) is 5.75 Å². The van der Waals surface area contributed by atoms with Gasteiger partial charge in [0.15, 0.2) is 5.96 Å². The van der Waals surface area contributed by atoms with Gasteiger partial charge >= 0.3 is 5.97 Å². The van der Waals surface area contributed by atoms with Crippen LogP contribution in [0.25, 0.3) is 0 Å². The van der Waals surface area contributed by atoms with Crippen LogP contribution in [0.2, 0.25) is 0 Å². The van der Waals surface area contributed by atoms with Crippen molar-refractivity contribution in [3.8, 4) is 5.75 Å². The van der Waals surface area contributed by atoms with Crippen LogP contribution in [0.1, 0.15) is 51.5 Å². The van der Waals surface area contributed by atoms with Crippen LogP contribution in [0.15, 0.2) is 29.3 Å². The maximum absolute atomic E-state index is 11.9. The summed E-state index contributed by atoms with van der Waals surface area (Å²) in [7, 11) is 1.69. The van der Waals surface area contributed by atoms with Gasteiger partial charge < -0.3 is 19.7 Å². The molecule has 0 radical (unpaired) electrons. The number of halogens is 1. The predicted molar refractivity (Wildman–Crippen MR) is 128 cm³/mol. The molecule has 0 spiro atoms. The number of carbonyl (C=O) groups is 1. The molecule has 6 nitrogen and oxygen atoms in total. The Labute approximate surface area is 192 Å². The number of ether oxygens (including phenoxy) is 2. The summed E-state index contributed by atoms with van der Waals surface area (Å²) in [5.41, 5.74) is 1.30. The van der Waals surface area contributed by atoms with Crippen molar-refractivity contribution in [1.82, 2.24) is 10.2 Å². The Balaban J connectivity index is 0.00000420. The van der Waals surface area contributed by atoms with E-state index >= 15 is 0 Å². The predicted octanol–water partition coefficient (Wildman–Crippen LogP) is 4.05. The molecule has 1 aromatic rings. The fraction of sp³-hybridized carbons (Fsp3) is 0.636. The minimum Gasteiger partial charge on any atom is -0.497 e. The van der Waals surface area contributed by atoms with Crippen LogP contribution in [0, 0.1) is 5.92 Å². The Morgan fingerprint density at radius 1 is 1.24 bits per heavy atom. The van der Waals surface area contributed by atoms with Crippen molar-refractivity contribution >= 4 is 35.9 Å². The van der Waals surface area contributed by atoms with Gasteiger partial charge in [-0.2, -0.15) is 0 Å². The standard InChI is InChI=1S/C22H35N3O3.HI/c1-5-23-22(25-15-12-19(13-16-25)21(26)28-6-2)24-14-11-17(3)18-7-9-20(27-4)10-8-18;/h7-10,17,19H,5-6,11-16H2,1-4H3,(H,23,24);1H. The van der Waals surface area contributed by atoms with Crippen molar-refractivity contribution in [3.63, 3.8) is 0 Å². The minimum atomic E-state index is -0.0580. The maximum atomic E-state index is 11.9. The summed E-state index contributed by atoms with van der Waals surface area (Å²) in [5.74, 6) is 2.24. The van der Waals surface area contributed by atoms with Crippen molar-refractivity contribution in [1.29, 1.82) is 0 Å². The molecular weight excluding hydrogens is 481 g/mol. The molecule has 29 heavy (non-hydrogen) atoms. The molecule has 1 atom stereocenters. The number of methoxy groups -OCH3 is 1. The first kappa shape index (κ1) is 25.5. The number of hydrogen-bond acceptors (Lipinski definition) is 4. The van der Waals surface area contributed by atoms with Crippen molar-refractivity contribution in [2.45, 2.75) is 46.0 Å². The van der Waals surface area contributed by atoms with Gasteiger partial charge in [0.1, 0.15) is 5.75 Å². The molecular formula is C22H36IN3O3. The van der Waals surface area contributed by atoms with E-state index < -0.39 is 0 Å². The highest BCUT2D eigenvalue weighted by molar-refractivity contribution is 14.0. The zero-order chi connectivity index (χ0) is 20.4. The highest BCUT2D eigenvalue weighted by Gasteiger charge is 2.27. The van der Waals surface area contributed by atoms with Gasteiger partial charge in [0.05, 0.1) is 19.6 Å². The summed E-state index contributed by atoms with van der Waals surface area (Å²) in [6.45, 7) is 9.91. The molecule has 1 aliphatic heterocycles. The number of aliphatic imine (C=N–C) groups is 1. The summed E-state index contributed by atoms with van der Waals surface area (Å²) in [6, 6.07) is 8.26. The molecule has 0 bridgehead atoms. The number of likely N-dealkylation sites (tertiary alicyclic amines) is 1. The Bertz CT molecular complexity index is 629. The number of esters is 1. The lowest BCUT2D eigenvalue weighted by Gasteiger charge is -2.33. The summed E-state index contributed by atoms with van der Waals surface area (Å²) in [5, 5.41) is 3.39. The molecule has 0 aromatic heterocycles. The molecule has 1 N–H and O–H groups in total. The highest BCUT2D eigenvalue weighted by atomic mass is 127. The Morgan fingerprint density at radius 3 is 2.45 bits per heavy atom. The third-order valence-corrected chi connectivity index (χ3v) is 5.26. The van der Waals surface area contributed by atoms with Crippen molar-refractivity contribution in [2.24, 2.45) is 10.9 Å². The van der Waals surface area contributed by atoms with E-state index in [1.54, 1.807) is 7.11 Å². The van der Waals surface area contributed by atoms with Crippen LogP contribution >= 0.6 is 24.0 Å². The lowest BCUT2D eigenvalue weighted by molar-refractivity contribution is -0.149. The number of nitrogens with one attached hydrogen (secondary N) is 1. The van der Waals surface area contributed by atoms with Gasteiger partial charge in [-0.05, 0) is 56.7 Å². The lowest BCUT2D eigenvalue weighted by atomic mass is 9.97. The van der Waals surface area contributed by atoms with E-state index in [4.69, 9.17) is 14.5 Å². The summed E-state index contributed by atoms with van der Waals surface area (Å²) >= 11 is 0. The van der Waals surface area contributed by atoms with Gasteiger partial charge in [0, 0.05) is 26.2 Å². The van der Waals surface area contributed by atoms with E-state index in [1.807, 2.05) is 19.1 Å². The number of piperidine rings is 1. The van der Waals surface area contributed by atoms with Crippen LogP contribution in [0.3, 0.4) is 0 Å². The second-order valence-electron chi connectivity index (χ2n) is 7.21. The fourth-order valence-corrected chi connectivity index (χ4v) is 3.48. The van der Waals surface area contributed by atoms with E-state index in [1.165, 1.54) is 5.56 Å². The van der Waals surface area contributed by atoms with E-state index in [0.717, 1.165) is 57.2 Å². The monoisotopic (exact) mass is 517 g/mol. The van der Waals surface area contributed by atoms with Gasteiger partial charge in [-0.1, -0.05) is 19.1 Å². The zero-order valence-electron chi connectivity index (χ0n) is 18.1. The van der Waals surface area contributed by atoms with Crippen LogP contribution < -0.4 is 10.1 Å². The normalized spacial score (nSPS) is 16.0. The molecule has 0 amide bonds. The van der Waals surface area contributed by atoms with Crippen molar-refractivity contribution in [3.05, 3.63) is 29.8 Å². The number of guanidine groups is 1. The van der Waals surface area contributed by atoms with E-state index in [-0.39, 0.29) is 35.9 Å².